The third-order valence-electron chi connectivity index (χ3n) is 6.52. The van der Waals surface area contributed by atoms with Crippen molar-refractivity contribution < 1.29 is 19.2 Å². The molecule has 0 fully saturated rings. The van der Waals surface area contributed by atoms with Crippen LogP contribution in [0.4, 0.5) is 0 Å². The molecular weight excluding hydrogens is 484 g/mol. The molecule has 1 rings (SSSR count). The number of amides is 4. The molecule has 4 amide bonds. The summed E-state index contributed by atoms with van der Waals surface area (Å²) in [5, 5.41) is 7.59. The van der Waals surface area contributed by atoms with Gasteiger partial charge in [0.1, 0.15) is 6.04 Å². The summed E-state index contributed by atoms with van der Waals surface area (Å²) in [6.45, 7) is 1.70. The van der Waals surface area contributed by atoms with Crippen LogP contribution in [0.2, 0.25) is 0 Å². The lowest BCUT2D eigenvalue weighted by molar-refractivity contribution is -0.130. The van der Waals surface area contributed by atoms with E-state index in [-0.39, 0.29) is 25.4 Å². The molecule has 216 valence electrons. The maximum absolute atomic E-state index is 12.4. The second-order valence-electron chi connectivity index (χ2n) is 10.1. The Hall–Kier alpha value is -2.91. The van der Waals surface area contributed by atoms with Crippen LogP contribution in [0.25, 0.3) is 0 Å². The highest BCUT2D eigenvalue weighted by Gasteiger charge is 2.22. The average Bonchev–Trinajstić information content (AvgIpc) is 3.41. The Bertz CT molecular complexity index is 784. The fourth-order valence-corrected chi connectivity index (χ4v) is 4.29. The number of unbranched alkanes of at least 4 members (excludes halogenated alkanes) is 14. The van der Waals surface area contributed by atoms with Gasteiger partial charge in [-0.1, -0.05) is 96.8 Å². The molecule has 0 aliphatic heterocycles. The van der Waals surface area contributed by atoms with Crippen LogP contribution in [0.15, 0.2) is 12.5 Å². The maximum Gasteiger partial charge on any atom is 0.243 e. The minimum atomic E-state index is -0.935. The van der Waals surface area contributed by atoms with Gasteiger partial charge in [-0.25, -0.2) is 4.98 Å². The fourth-order valence-electron chi connectivity index (χ4n) is 4.29. The number of nitrogens with two attached hydrogens (primary N) is 1. The normalized spacial score (nSPS) is 11.6. The van der Waals surface area contributed by atoms with Crippen LogP contribution in [0.5, 0.6) is 0 Å². The molecule has 0 unspecified atom stereocenters. The number of carbonyl (C=O) groups excluding carboxylic acids is 4. The lowest BCUT2D eigenvalue weighted by Gasteiger charge is -2.17. The van der Waals surface area contributed by atoms with Crippen molar-refractivity contribution in [3.63, 3.8) is 0 Å². The number of rotatable bonds is 24. The summed E-state index contributed by atoms with van der Waals surface area (Å²) >= 11 is 0. The van der Waals surface area contributed by atoms with Gasteiger partial charge in [0.25, 0.3) is 0 Å². The first-order chi connectivity index (χ1) is 18.4. The first-order valence-corrected chi connectivity index (χ1v) is 14.5. The van der Waals surface area contributed by atoms with Crippen molar-refractivity contribution >= 4 is 23.6 Å². The van der Waals surface area contributed by atoms with Crippen molar-refractivity contribution in [2.75, 3.05) is 13.1 Å². The van der Waals surface area contributed by atoms with Crippen LogP contribution < -0.4 is 21.7 Å². The Morgan fingerprint density at radius 2 is 1.34 bits per heavy atom. The predicted octanol–water partition coefficient (Wildman–Crippen LogP) is 3.42. The lowest BCUT2D eigenvalue weighted by Crippen LogP contribution is -2.51. The third-order valence-corrected chi connectivity index (χ3v) is 6.52. The van der Waals surface area contributed by atoms with E-state index in [4.69, 9.17) is 5.73 Å². The molecule has 10 nitrogen and oxygen atoms in total. The van der Waals surface area contributed by atoms with Gasteiger partial charge in [-0.3, -0.25) is 19.2 Å². The van der Waals surface area contributed by atoms with Crippen molar-refractivity contribution in [3.8, 4) is 0 Å². The van der Waals surface area contributed by atoms with Gasteiger partial charge in [0.05, 0.1) is 19.4 Å². The molecule has 1 heterocycles. The highest BCUT2D eigenvalue weighted by atomic mass is 16.2. The van der Waals surface area contributed by atoms with Gasteiger partial charge in [-0.05, 0) is 6.42 Å². The Balaban J connectivity index is 2.08. The summed E-state index contributed by atoms with van der Waals surface area (Å²) in [5.41, 5.74) is 5.71. The number of nitrogens with zero attached hydrogens (tertiary/aromatic N) is 1. The zero-order valence-corrected chi connectivity index (χ0v) is 23.3. The van der Waals surface area contributed by atoms with E-state index in [2.05, 4.69) is 32.8 Å². The monoisotopic (exact) mass is 534 g/mol. The largest absolute Gasteiger partial charge is 0.368 e. The topological polar surface area (TPSA) is 159 Å². The van der Waals surface area contributed by atoms with Gasteiger partial charge in [0, 0.05) is 24.7 Å². The second kappa shape index (κ2) is 22.1. The first kappa shape index (κ1) is 33.1. The van der Waals surface area contributed by atoms with Crippen LogP contribution >= 0.6 is 0 Å². The van der Waals surface area contributed by atoms with Crippen LogP contribution in [-0.4, -0.2) is 52.7 Å². The highest BCUT2D eigenvalue weighted by molar-refractivity contribution is 5.91. The number of hydrogen-bond donors (Lipinski definition) is 5. The Labute approximate surface area is 228 Å². The summed E-state index contributed by atoms with van der Waals surface area (Å²) in [5.74, 6) is -1.90. The van der Waals surface area contributed by atoms with E-state index < -0.39 is 23.8 Å². The van der Waals surface area contributed by atoms with E-state index >= 15 is 0 Å². The van der Waals surface area contributed by atoms with Crippen molar-refractivity contribution in [1.82, 2.24) is 25.9 Å². The summed E-state index contributed by atoms with van der Waals surface area (Å²) in [6, 6.07) is -0.935. The van der Waals surface area contributed by atoms with Crippen molar-refractivity contribution in [3.05, 3.63) is 18.2 Å². The Morgan fingerprint density at radius 1 is 0.789 bits per heavy atom. The summed E-state index contributed by atoms with van der Waals surface area (Å²) in [7, 11) is 0. The van der Waals surface area contributed by atoms with Gasteiger partial charge < -0.3 is 26.7 Å². The molecule has 1 aromatic rings. The number of aromatic amines is 1. The fraction of sp³-hybridized carbons (Fsp3) is 0.750. The van der Waals surface area contributed by atoms with Crippen LogP contribution in [0, 0.1) is 0 Å². The van der Waals surface area contributed by atoms with Gasteiger partial charge in [-0.2, -0.15) is 0 Å². The minimum Gasteiger partial charge on any atom is -0.368 e. The van der Waals surface area contributed by atoms with Crippen LogP contribution in [-0.2, 0) is 25.6 Å². The summed E-state index contributed by atoms with van der Waals surface area (Å²) < 4.78 is 0. The first-order valence-electron chi connectivity index (χ1n) is 14.5. The van der Waals surface area contributed by atoms with E-state index in [1.54, 1.807) is 6.20 Å². The summed E-state index contributed by atoms with van der Waals surface area (Å²) in [6.07, 6.45) is 22.5. The molecule has 10 heteroatoms. The van der Waals surface area contributed by atoms with E-state index in [1.165, 1.54) is 83.4 Å². The molecule has 6 N–H and O–H groups in total. The quantitative estimate of drug-likeness (QED) is 0.128. The molecule has 0 bridgehead atoms. The highest BCUT2D eigenvalue weighted by Crippen LogP contribution is 2.13. The SMILES string of the molecule is CCCCCCCCCCCCCCCCCC(=O)NCC(=O)N[C@@H](Cc1cnc[nH]1)C(=O)NCC(N)=O. The summed E-state index contributed by atoms with van der Waals surface area (Å²) in [4.78, 5) is 54.5. The van der Waals surface area contributed by atoms with Crippen molar-refractivity contribution in [2.24, 2.45) is 5.73 Å². The number of imidazole rings is 1. The zero-order chi connectivity index (χ0) is 27.8. The van der Waals surface area contributed by atoms with E-state index in [0.29, 0.717) is 12.1 Å². The minimum absolute atomic E-state index is 0.156. The van der Waals surface area contributed by atoms with E-state index in [1.807, 2.05) is 0 Å². The predicted molar refractivity (Wildman–Crippen MR) is 149 cm³/mol. The second-order valence-corrected chi connectivity index (χ2v) is 10.1. The smallest absolute Gasteiger partial charge is 0.243 e. The molecule has 38 heavy (non-hydrogen) atoms. The lowest BCUT2D eigenvalue weighted by atomic mass is 10.0. The zero-order valence-electron chi connectivity index (χ0n) is 23.3. The number of primary amides is 1. The molecule has 0 aliphatic carbocycles. The number of nitrogens with one attached hydrogen (secondary N) is 4. The average molecular weight is 535 g/mol. The van der Waals surface area contributed by atoms with Crippen LogP contribution in [0.3, 0.4) is 0 Å². The Morgan fingerprint density at radius 3 is 1.84 bits per heavy atom. The molecule has 0 saturated carbocycles. The standard InChI is InChI=1S/C28H50N6O4/c1-2-3-4-5-6-7-8-9-10-11-12-13-14-15-16-17-26(36)31-21-27(37)34-24(18-23-19-30-22-33-23)28(38)32-20-25(29)35/h19,22,24H,2-18,20-21H2,1H3,(H2,29,35)(H,30,33)(H,31,36)(H,32,38)(H,34,37)/t24-/m0/s1. The molecular formula is C28H50N6O4. The maximum atomic E-state index is 12.4. The number of H-pyrrole nitrogens is 1. The molecule has 1 atom stereocenters. The number of hydrogen-bond acceptors (Lipinski definition) is 5. The molecule has 0 saturated heterocycles. The van der Waals surface area contributed by atoms with Gasteiger partial charge in [0.15, 0.2) is 0 Å². The van der Waals surface area contributed by atoms with Crippen LogP contribution in [0.1, 0.15) is 115 Å². The molecule has 0 aromatic carbocycles. The molecule has 0 radical (unpaired) electrons. The molecule has 0 aliphatic rings. The van der Waals surface area contributed by atoms with Gasteiger partial charge in [0.2, 0.25) is 23.6 Å². The van der Waals surface area contributed by atoms with E-state index in [9.17, 15) is 19.2 Å². The van der Waals surface area contributed by atoms with Crippen molar-refractivity contribution in [1.29, 1.82) is 0 Å². The Kier molecular flexibility index (Phi) is 19.3. The molecule has 1 aromatic heterocycles. The van der Waals surface area contributed by atoms with Gasteiger partial charge in [-0.15, -0.1) is 0 Å². The number of carbonyl (C=O) groups is 4. The number of aromatic nitrogens is 2. The van der Waals surface area contributed by atoms with E-state index in [0.717, 1.165) is 19.3 Å². The van der Waals surface area contributed by atoms with Crippen molar-refractivity contribution in [2.45, 2.75) is 122 Å². The van der Waals surface area contributed by atoms with Gasteiger partial charge >= 0.3 is 0 Å². The third kappa shape index (κ3) is 18.4. The molecule has 0 spiro atoms.